The first-order chi connectivity index (χ1) is 5.92. The Balaban J connectivity index is 2.38. The van der Waals surface area contributed by atoms with Crippen molar-refractivity contribution in [3.8, 4) is 0 Å². The zero-order chi connectivity index (χ0) is 8.39. The van der Waals surface area contributed by atoms with E-state index in [1.54, 1.807) is 0 Å². The molecule has 0 N–H and O–H groups in total. The zero-order valence-corrected chi connectivity index (χ0v) is 7.39. The molecule has 1 aliphatic rings. The van der Waals surface area contributed by atoms with Gasteiger partial charge in [0, 0.05) is 12.0 Å². The SMILES string of the molecule is O=Cc1onc2c1CCSCC2. The van der Waals surface area contributed by atoms with Gasteiger partial charge in [-0.15, -0.1) is 0 Å². The minimum absolute atomic E-state index is 0.424. The van der Waals surface area contributed by atoms with Crippen LogP contribution in [0.25, 0.3) is 0 Å². The summed E-state index contributed by atoms with van der Waals surface area (Å²) in [4.78, 5) is 10.5. The second kappa shape index (κ2) is 3.31. The van der Waals surface area contributed by atoms with Crippen molar-refractivity contribution in [3.05, 3.63) is 17.0 Å². The highest BCUT2D eigenvalue weighted by Crippen LogP contribution is 2.21. The molecule has 1 aromatic heterocycles. The number of hydrogen-bond donors (Lipinski definition) is 0. The number of carbonyl (C=O) groups excluding carboxylic acids is 1. The summed E-state index contributed by atoms with van der Waals surface area (Å²) in [5.74, 6) is 2.57. The first-order valence-electron chi connectivity index (χ1n) is 3.92. The fourth-order valence-electron chi connectivity index (χ4n) is 1.36. The van der Waals surface area contributed by atoms with Crippen molar-refractivity contribution in [2.45, 2.75) is 12.8 Å². The standard InChI is InChI=1S/C8H9NO2S/c10-5-8-6-1-3-12-4-2-7(6)9-11-8/h5H,1-4H2. The lowest BCUT2D eigenvalue weighted by molar-refractivity contribution is 0.109. The number of fused-ring (bicyclic) bond motifs is 1. The molecule has 0 radical (unpaired) electrons. The van der Waals surface area contributed by atoms with Crippen LogP contribution in [-0.4, -0.2) is 22.9 Å². The molecule has 0 atom stereocenters. The van der Waals surface area contributed by atoms with Crippen LogP contribution in [0.5, 0.6) is 0 Å². The summed E-state index contributed by atoms with van der Waals surface area (Å²) in [7, 11) is 0. The molecule has 2 rings (SSSR count). The van der Waals surface area contributed by atoms with E-state index in [1.165, 1.54) is 0 Å². The van der Waals surface area contributed by atoms with E-state index >= 15 is 0 Å². The van der Waals surface area contributed by atoms with E-state index in [-0.39, 0.29) is 0 Å². The van der Waals surface area contributed by atoms with Crippen LogP contribution in [0, 0.1) is 0 Å². The zero-order valence-electron chi connectivity index (χ0n) is 6.58. The summed E-state index contributed by atoms with van der Waals surface area (Å²) in [6.07, 6.45) is 2.59. The van der Waals surface area contributed by atoms with E-state index in [0.717, 1.165) is 41.9 Å². The van der Waals surface area contributed by atoms with Gasteiger partial charge in [-0.05, 0) is 17.9 Å². The predicted molar refractivity (Wildman–Crippen MR) is 46.6 cm³/mol. The highest BCUT2D eigenvalue weighted by Gasteiger charge is 2.17. The van der Waals surface area contributed by atoms with Gasteiger partial charge in [-0.2, -0.15) is 11.8 Å². The molecule has 2 heterocycles. The largest absolute Gasteiger partial charge is 0.353 e. The molecular formula is C8H9NO2S. The van der Waals surface area contributed by atoms with Crippen LogP contribution in [0.2, 0.25) is 0 Å². The quantitative estimate of drug-likeness (QED) is 0.616. The summed E-state index contributed by atoms with van der Waals surface area (Å²) >= 11 is 1.90. The third-order valence-electron chi connectivity index (χ3n) is 1.99. The number of aromatic nitrogens is 1. The average Bonchev–Trinajstić information content (AvgIpc) is 2.33. The molecule has 4 heteroatoms. The number of hydrogen-bond acceptors (Lipinski definition) is 4. The first kappa shape index (κ1) is 7.86. The molecule has 0 fully saturated rings. The van der Waals surface area contributed by atoms with Gasteiger partial charge in [0.25, 0.3) is 0 Å². The van der Waals surface area contributed by atoms with Gasteiger partial charge >= 0.3 is 0 Å². The third-order valence-corrected chi connectivity index (χ3v) is 2.97. The van der Waals surface area contributed by atoms with Gasteiger partial charge in [0.1, 0.15) is 0 Å². The molecule has 64 valence electrons. The normalized spacial score (nSPS) is 16.7. The lowest BCUT2D eigenvalue weighted by Gasteiger charge is -1.91. The Hall–Kier alpha value is -0.770. The molecule has 0 saturated carbocycles. The van der Waals surface area contributed by atoms with Gasteiger partial charge in [0.2, 0.25) is 5.76 Å². The molecular weight excluding hydrogens is 174 g/mol. The Morgan fingerprint density at radius 2 is 2.25 bits per heavy atom. The number of aryl methyl sites for hydroxylation is 1. The average molecular weight is 183 g/mol. The van der Waals surface area contributed by atoms with Gasteiger partial charge in [-0.3, -0.25) is 4.79 Å². The first-order valence-corrected chi connectivity index (χ1v) is 5.07. The highest BCUT2D eigenvalue weighted by atomic mass is 32.2. The van der Waals surface area contributed by atoms with Crippen molar-refractivity contribution in [2.75, 3.05) is 11.5 Å². The molecule has 1 aliphatic heterocycles. The van der Waals surface area contributed by atoms with Gasteiger partial charge in [0.15, 0.2) is 6.29 Å². The fourth-order valence-corrected chi connectivity index (χ4v) is 2.25. The molecule has 3 nitrogen and oxygen atoms in total. The smallest absolute Gasteiger partial charge is 0.202 e. The van der Waals surface area contributed by atoms with Gasteiger partial charge in [-0.1, -0.05) is 5.16 Å². The van der Waals surface area contributed by atoms with Gasteiger partial charge < -0.3 is 4.52 Å². The molecule has 12 heavy (non-hydrogen) atoms. The highest BCUT2D eigenvalue weighted by molar-refractivity contribution is 7.99. The van der Waals surface area contributed by atoms with Crippen LogP contribution >= 0.6 is 11.8 Å². The summed E-state index contributed by atoms with van der Waals surface area (Å²) in [6, 6.07) is 0. The number of thioether (sulfide) groups is 1. The van der Waals surface area contributed by atoms with Crippen molar-refractivity contribution >= 4 is 18.0 Å². The molecule has 0 saturated heterocycles. The van der Waals surface area contributed by atoms with Crippen LogP contribution < -0.4 is 0 Å². The summed E-state index contributed by atoms with van der Waals surface area (Å²) in [6.45, 7) is 0. The molecule has 0 unspecified atom stereocenters. The van der Waals surface area contributed by atoms with Crippen molar-refractivity contribution in [1.29, 1.82) is 0 Å². The summed E-state index contributed by atoms with van der Waals surface area (Å²) < 4.78 is 4.89. The number of carbonyl (C=O) groups is 1. The maximum Gasteiger partial charge on any atom is 0.202 e. The van der Waals surface area contributed by atoms with E-state index in [4.69, 9.17) is 4.52 Å². The topological polar surface area (TPSA) is 43.1 Å². The lowest BCUT2D eigenvalue weighted by atomic mass is 10.1. The van der Waals surface area contributed by atoms with Gasteiger partial charge in [0.05, 0.1) is 5.69 Å². The maximum atomic E-state index is 10.5. The number of nitrogens with zero attached hydrogens (tertiary/aromatic N) is 1. The van der Waals surface area contributed by atoms with Crippen LogP contribution in [-0.2, 0) is 12.8 Å². The van der Waals surface area contributed by atoms with Crippen molar-refractivity contribution in [1.82, 2.24) is 5.16 Å². The molecule has 0 aliphatic carbocycles. The van der Waals surface area contributed by atoms with Crippen molar-refractivity contribution in [3.63, 3.8) is 0 Å². The van der Waals surface area contributed by atoms with Crippen molar-refractivity contribution < 1.29 is 9.32 Å². The minimum Gasteiger partial charge on any atom is -0.353 e. The van der Waals surface area contributed by atoms with Crippen LogP contribution in [0.1, 0.15) is 21.8 Å². The van der Waals surface area contributed by atoms with Crippen molar-refractivity contribution in [2.24, 2.45) is 0 Å². The Bertz CT molecular complexity index is 295. The van der Waals surface area contributed by atoms with E-state index in [9.17, 15) is 4.79 Å². The second-order valence-electron chi connectivity index (χ2n) is 2.70. The van der Waals surface area contributed by atoms with Gasteiger partial charge in [-0.25, -0.2) is 0 Å². The predicted octanol–water partition coefficient (Wildman–Crippen LogP) is 1.32. The van der Waals surface area contributed by atoms with Crippen LogP contribution in [0.3, 0.4) is 0 Å². The Kier molecular flexibility index (Phi) is 2.17. The molecule has 0 bridgehead atoms. The van der Waals surface area contributed by atoms with Crippen LogP contribution in [0.4, 0.5) is 0 Å². The molecule has 1 aromatic rings. The van der Waals surface area contributed by atoms with E-state index < -0.39 is 0 Å². The minimum atomic E-state index is 0.424. The number of aldehydes is 1. The van der Waals surface area contributed by atoms with E-state index in [1.807, 2.05) is 11.8 Å². The van der Waals surface area contributed by atoms with E-state index in [2.05, 4.69) is 5.16 Å². The lowest BCUT2D eigenvalue weighted by Crippen LogP contribution is -1.92. The Morgan fingerprint density at radius 1 is 1.42 bits per heavy atom. The second-order valence-corrected chi connectivity index (χ2v) is 3.93. The fraction of sp³-hybridized carbons (Fsp3) is 0.500. The maximum absolute atomic E-state index is 10.5. The molecule has 0 aromatic carbocycles. The molecule has 0 spiro atoms. The summed E-state index contributed by atoms with van der Waals surface area (Å²) in [5.41, 5.74) is 2.00. The molecule has 0 amide bonds. The third kappa shape index (κ3) is 1.27. The monoisotopic (exact) mass is 183 g/mol. The van der Waals surface area contributed by atoms with Crippen LogP contribution in [0.15, 0.2) is 4.52 Å². The number of rotatable bonds is 1. The Labute approximate surface area is 74.5 Å². The van der Waals surface area contributed by atoms with E-state index in [0.29, 0.717) is 5.76 Å². The summed E-state index contributed by atoms with van der Waals surface area (Å²) in [5, 5.41) is 3.87. The Morgan fingerprint density at radius 3 is 3.08 bits per heavy atom.